The maximum Gasteiger partial charge on any atom is 0.240 e. The molecule has 1 fully saturated rings. The van der Waals surface area contributed by atoms with Crippen LogP contribution in [0.15, 0.2) is 23.1 Å². The molecule has 1 heterocycles. The zero-order chi connectivity index (χ0) is 15.5. The Kier molecular flexibility index (Phi) is 4.99. The van der Waals surface area contributed by atoms with Gasteiger partial charge in [-0.15, -0.1) is 0 Å². The van der Waals surface area contributed by atoms with Gasteiger partial charge in [0.05, 0.1) is 22.6 Å². The first-order valence-electron chi connectivity index (χ1n) is 7.10. The Labute approximate surface area is 126 Å². The molecule has 1 aliphatic rings. The molecule has 0 bridgehead atoms. The zero-order valence-electron chi connectivity index (χ0n) is 12.3. The number of nitrogens with zero attached hydrogens (tertiary/aromatic N) is 1. The molecule has 0 amide bonds. The molecule has 114 valence electrons. The number of aryl methyl sites for hydroxylation is 1. The smallest absolute Gasteiger partial charge is 0.240 e. The first-order chi connectivity index (χ1) is 9.97. The van der Waals surface area contributed by atoms with Crippen LogP contribution >= 0.6 is 0 Å². The van der Waals surface area contributed by atoms with Crippen LogP contribution in [0.3, 0.4) is 0 Å². The van der Waals surface area contributed by atoms with Crippen molar-refractivity contribution in [1.82, 2.24) is 4.72 Å². The monoisotopic (exact) mass is 308 g/mol. The third-order valence-corrected chi connectivity index (χ3v) is 5.33. The van der Waals surface area contributed by atoms with Gasteiger partial charge in [-0.05, 0) is 43.5 Å². The van der Waals surface area contributed by atoms with E-state index < -0.39 is 10.0 Å². The number of ether oxygens (including phenoxy) is 1. The van der Waals surface area contributed by atoms with Gasteiger partial charge in [0.1, 0.15) is 0 Å². The van der Waals surface area contributed by atoms with Crippen molar-refractivity contribution in [1.29, 1.82) is 5.26 Å². The first-order valence-corrected chi connectivity index (χ1v) is 8.58. The van der Waals surface area contributed by atoms with Gasteiger partial charge in [-0.25, -0.2) is 13.1 Å². The lowest BCUT2D eigenvalue weighted by Crippen LogP contribution is -2.32. The van der Waals surface area contributed by atoms with Crippen molar-refractivity contribution in [2.45, 2.75) is 37.7 Å². The van der Waals surface area contributed by atoms with E-state index in [0.29, 0.717) is 24.3 Å². The van der Waals surface area contributed by atoms with E-state index in [1.807, 2.05) is 13.0 Å². The average molecular weight is 308 g/mol. The molecule has 0 aromatic heterocycles. The summed E-state index contributed by atoms with van der Waals surface area (Å²) in [5.41, 5.74) is 1.15. The van der Waals surface area contributed by atoms with Crippen LogP contribution < -0.4 is 4.72 Å². The van der Waals surface area contributed by atoms with Crippen molar-refractivity contribution in [2.75, 3.05) is 13.2 Å². The molecule has 5 nitrogen and oxygen atoms in total. The molecule has 1 aliphatic heterocycles. The Morgan fingerprint density at radius 2 is 2.24 bits per heavy atom. The Hall–Kier alpha value is -1.42. The molecular weight excluding hydrogens is 288 g/mol. The van der Waals surface area contributed by atoms with Crippen LogP contribution in [0.5, 0.6) is 0 Å². The average Bonchev–Trinajstić information content (AvgIpc) is 2.92. The van der Waals surface area contributed by atoms with Crippen molar-refractivity contribution in [3.8, 4) is 6.07 Å². The third kappa shape index (κ3) is 3.62. The van der Waals surface area contributed by atoms with E-state index in [0.717, 1.165) is 12.8 Å². The van der Waals surface area contributed by atoms with E-state index in [1.54, 1.807) is 6.92 Å². The second kappa shape index (κ2) is 6.56. The summed E-state index contributed by atoms with van der Waals surface area (Å²) >= 11 is 0. The number of benzene rings is 1. The maximum absolute atomic E-state index is 12.3. The van der Waals surface area contributed by atoms with Gasteiger partial charge in [0.25, 0.3) is 0 Å². The summed E-state index contributed by atoms with van der Waals surface area (Å²) < 4.78 is 32.8. The quantitative estimate of drug-likeness (QED) is 0.902. The van der Waals surface area contributed by atoms with E-state index in [9.17, 15) is 8.42 Å². The standard InChI is InChI=1S/C15H20N2O3S/c1-3-15-13(6-7-20-15)10-17-21(18,19)14-5-4-12(9-16)11(2)8-14/h4-5,8,13,15,17H,3,6-7,10H2,1-2H3. The molecule has 21 heavy (non-hydrogen) atoms. The van der Waals surface area contributed by atoms with Gasteiger partial charge in [0.15, 0.2) is 0 Å². The predicted molar refractivity (Wildman–Crippen MR) is 79.2 cm³/mol. The van der Waals surface area contributed by atoms with Crippen LogP contribution in [0.25, 0.3) is 0 Å². The summed E-state index contributed by atoms with van der Waals surface area (Å²) in [6.45, 7) is 4.86. The van der Waals surface area contributed by atoms with Crippen molar-refractivity contribution >= 4 is 10.0 Å². The lowest BCUT2D eigenvalue weighted by Gasteiger charge is -2.17. The molecule has 1 aromatic carbocycles. The van der Waals surface area contributed by atoms with Gasteiger partial charge in [0, 0.05) is 19.1 Å². The fourth-order valence-corrected chi connectivity index (χ4v) is 3.79. The summed E-state index contributed by atoms with van der Waals surface area (Å²) in [5.74, 6) is 0.226. The highest BCUT2D eigenvalue weighted by Gasteiger charge is 2.28. The molecule has 1 aromatic rings. The number of nitrogens with one attached hydrogen (secondary N) is 1. The minimum Gasteiger partial charge on any atom is -0.378 e. The highest BCUT2D eigenvalue weighted by molar-refractivity contribution is 7.89. The van der Waals surface area contributed by atoms with Crippen molar-refractivity contribution in [2.24, 2.45) is 5.92 Å². The SMILES string of the molecule is CCC1OCCC1CNS(=O)(=O)c1ccc(C#N)c(C)c1. The fourth-order valence-electron chi connectivity index (χ4n) is 2.61. The normalized spacial score (nSPS) is 22.1. The molecule has 6 heteroatoms. The van der Waals surface area contributed by atoms with Gasteiger partial charge in [-0.1, -0.05) is 6.92 Å². The molecule has 1 saturated heterocycles. The van der Waals surface area contributed by atoms with Crippen LogP contribution in [0.1, 0.15) is 30.9 Å². The van der Waals surface area contributed by atoms with Crippen molar-refractivity contribution in [3.05, 3.63) is 29.3 Å². The largest absolute Gasteiger partial charge is 0.378 e. The number of hydrogen-bond donors (Lipinski definition) is 1. The molecule has 1 N–H and O–H groups in total. The summed E-state index contributed by atoms with van der Waals surface area (Å²) in [5, 5.41) is 8.89. The second-order valence-electron chi connectivity index (χ2n) is 5.31. The predicted octanol–water partition coefficient (Wildman–Crippen LogP) is 1.96. The Balaban J connectivity index is 2.08. The van der Waals surface area contributed by atoms with Gasteiger partial charge < -0.3 is 4.74 Å². The molecule has 0 spiro atoms. The number of rotatable bonds is 5. The maximum atomic E-state index is 12.3. The lowest BCUT2D eigenvalue weighted by molar-refractivity contribution is 0.0884. The molecule has 2 unspecified atom stereocenters. The Morgan fingerprint density at radius 3 is 2.86 bits per heavy atom. The molecular formula is C15H20N2O3S. The van der Waals surface area contributed by atoms with Crippen LogP contribution in [-0.4, -0.2) is 27.7 Å². The summed E-state index contributed by atoms with van der Waals surface area (Å²) in [6.07, 6.45) is 1.91. The van der Waals surface area contributed by atoms with Crippen LogP contribution in [0.4, 0.5) is 0 Å². The third-order valence-electron chi connectivity index (χ3n) is 3.91. The van der Waals surface area contributed by atoms with E-state index in [2.05, 4.69) is 4.72 Å². The fraction of sp³-hybridized carbons (Fsp3) is 0.533. The van der Waals surface area contributed by atoms with Crippen molar-refractivity contribution < 1.29 is 13.2 Å². The van der Waals surface area contributed by atoms with E-state index in [1.165, 1.54) is 18.2 Å². The van der Waals surface area contributed by atoms with Gasteiger partial charge in [0.2, 0.25) is 10.0 Å². The van der Waals surface area contributed by atoms with E-state index in [-0.39, 0.29) is 16.9 Å². The number of nitriles is 1. The summed E-state index contributed by atoms with van der Waals surface area (Å²) in [7, 11) is -3.54. The van der Waals surface area contributed by atoms with Crippen molar-refractivity contribution in [3.63, 3.8) is 0 Å². The minimum absolute atomic E-state index is 0.135. The van der Waals surface area contributed by atoms with Gasteiger partial charge in [-0.3, -0.25) is 0 Å². The van der Waals surface area contributed by atoms with Crippen LogP contribution in [0, 0.1) is 24.2 Å². The molecule has 0 saturated carbocycles. The lowest BCUT2D eigenvalue weighted by atomic mass is 10.0. The highest BCUT2D eigenvalue weighted by Crippen LogP contribution is 2.23. The summed E-state index contributed by atoms with van der Waals surface area (Å²) in [6, 6.07) is 6.57. The van der Waals surface area contributed by atoms with E-state index in [4.69, 9.17) is 10.00 Å². The molecule has 2 atom stereocenters. The Morgan fingerprint density at radius 1 is 1.48 bits per heavy atom. The molecule has 0 radical (unpaired) electrons. The van der Waals surface area contributed by atoms with Gasteiger partial charge >= 0.3 is 0 Å². The summed E-state index contributed by atoms with van der Waals surface area (Å²) in [4.78, 5) is 0.200. The molecule has 0 aliphatic carbocycles. The first kappa shape index (κ1) is 16.0. The number of sulfonamides is 1. The van der Waals surface area contributed by atoms with E-state index >= 15 is 0 Å². The van der Waals surface area contributed by atoms with Gasteiger partial charge in [-0.2, -0.15) is 5.26 Å². The number of hydrogen-bond acceptors (Lipinski definition) is 4. The Bertz CT molecular complexity index is 649. The zero-order valence-corrected chi connectivity index (χ0v) is 13.1. The second-order valence-corrected chi connectivity index (χ2v) is 7.07. The minimum atomic E-state index is -3.54. The van der Waals surface area contributed by atoms with Crippen LogP contribution in [0.2, 0.25) is 0 Å². The highest BCUT2D eigenvalue weighted by atomic mass is 32.2. The van der Waals surface area contributed by atoms with Crippen LogP contribution in [-0.2, 0) is 14.8 Å². The topological polar surface area (TPSA) is 79.2 Å². The molecule has 2 rings (SSSR count).